The first-order valence-corrected chi connectivity index (χ1v) is 9.65. The van der Waals surface area contributed by atoms with Crippen molar-refractivity contribution in [2.24, 2.45) is 5.73 Å². The molecule has 2 aromatic carbocycles. The van der Waals surface area contributed by atoms with Crippen molar-refractivity contribution in [2.45, 2.75) is 24.7 Å². The van der Waals surface area contributed by atoms with E-state index in [-0.39, 0.29) is 17.6 Å². The summed E-state index contributed by atoms with van der Waals surface area (Å²) in [5, 5.41) is 5.76. The van der Waals surface area contributed by atoms with E-state index in [9.17, 15) is 9.59 Å². The summed E-state index contributed by atoms with van der Waals surface area (Å²) in [7, 11) is 0. The molecule has 0 aliphatic heterocycles. The van der Waals surface area contributed by atoms with Crippen LogP contribution in [0.15, 0.2) is 53.4 Å². The highest BCUT2D eigenvalue weighted by atomic mass is 32.2. The van der Waals surface area contributed by atoms with E-state index < -0.39 is 0 Å². The minimum absolute atomic E-state index is 0.1000. The highest BCUT2D eigenvalue weighted by Crippen LogP contribution is 2.23. The van der Waals surface area contributed by atoms with Gasteiger partial charge in [0.05, 0.1) is 11.3 Å². The molecule has 0 saturated carbocycles. The van der Waals surface area contributed by atoms with Gasteiger partial charge in [-0.05, 0) is 50.6 Å². The lowest BCUT2D eigenvalue weighted by Gasteiger charge is -2.10. The normalized spacial score (nSPS) is 10.4. The monoisotopic (exact) mass is 371 g/mol. The third-order valence-corrected chi connectivity index (χ3v) is 4.82. The van der Waals surface area contributed by atoms with Crippen LogP contribution >= 0.6 is 11.8 Å². The fourth-order valence-corrected chi connectivity index (χ4v) is 3.17. The van der Waals surface area contributed by atoms with Gasteiger partial charge in [0, 0.05) is 17.1 Å². The maximum Gasteiger partial charge on any atom is 0.252 e. The van der Waals surface area contributed by atoms with Gasteiger partial charge in [0.15, 0.2) is 0 Å². The van der Waals surface area contributed by atoms with E-state index in [4.69, 9.17) is 5.73 Å². The fraction of sp³-hybridized carbons (Fsp3) is 0.300. The summed E-state index contributed by atoms with van der Waals surface area (Å²) in [4.78, 5) is 25.3. The highest BCUT2D eigenvalue weighted by Gasteiger charge is 2.12. The first-order valence-electron chi connectivity index (χ1n) is 8.67. The SMILES string of the molecule is Cc1ccc(NC(=O)CSc2ccccc2C(=O)NCCCCN)cc1. The minimum atomic E-state index is -0.121. The molecule has 138 valence electrons. The van der Waals surface area contributed by atoms with Crippen molar-refractivity contribution in [3.05, 3.63) is 59.7 Å². The molecular formula is C20H25N3O2S. The van der Waals surface area contributed by atoms with Gasteiger partial charge in [-0.25, -0.2) is 0 Å². The number of hydrogen-bond donors (Lipinski definition) is 3. The Kier molecular flexibility index (Phi) is 8.18. The Labute approximate surface area is 158 Å². The van der Waals surface area contributed by atoms with Crippen LogP contribution in [0.4, 0.5) is 5.69 Å². The van der Waals surface area contributed by atoms with E-state index >= 15 is 0 Å². The third kappa shape index (κ3) is 6.54. The Balaban J connectivity index is 1.89. The zero-order valence-electron chi connectivity index (χ0n) is 15.0. The van der Waals surface area contributed by atoms with Gasteiger partial charge in [0.1, 0.15) is 0 Å². The average molecular weight is 372 g/mol. The molecule has 2 aromatic rings. The van der Waals surface area contributed by atoms with Crippen LogP contribution in [0.25, 0.3) is 0 Å². The number of aryl methyl sites for hydroxylation is 1. The molecule has 6 heteroatoms. The van der Waals surface area contributed by atoms with E-state index in [0.717, 1.165) is 29.0 Å². The molecule has 0 aromatic heterocycles. The molecule has 0 heterocycles. The Bertz CT molecular complexity index is 732. The number of unbranched alkanes of at least 4 members (excludes halogenated alkanes) is 1. The third-order valence-electron chi connectivity index (χ3n) is 3.74. The van der Waals surface area contributed by atoms with Crippen LogP contribution in [0.3, 0.4) is 0 Å². The average Bonchev–Trinajstić information content (AvgIpc) is 2.65. The lowest BCUT2D eigenvalue weighted by molar-refractivity contribution is -0.113. The first kappa shape index (κ1) is 20.0. The predicted molar refractivity (Wildman–Crippen MR) is 108 cm³/mol. The molecule has 0 atom stereocenters. The summed E-state index contributed by atoms with van der Waals surface area (Å²) >= 11 is 1.36. The number of benzene rings is 2. The number of nitrogens with two attached hydrogens (primary N) is 1. The second-order valence-electron chi connectivity index (χ2n) is 5.95. The molecule has 0 spiro atoms. The Morgan fingerprint density at radius 3 is 2.50 bits per heavy atom. The molecule has 0 saturated heterocycles. The molecule has 26 heavy (non-hydrogen) atoms. The number of hydrogen-bond acceptors (Lipinski definition) is 4. The number of nitrogens with one attached hydrogen (secondary N) is 2. The maximum atomic E-state index is 12.3. The van der Waals surface area contributed by atoms with Gasteiger partial charge >= 0.3 is 0 Å². The summed E-state index contributed by atoms with van der Waals surface area (Å²) in [6.45, 7) is 3.22. The largest absolute Gasteiger partial charge is 0.352 e. The standard InChI is InChI=1S/C20H25N3O2S/c1-15-8-10-16(11-9-15)23-19(24)14-26-18-7-3-2-6-17(18)20(25)22-13-5-4-12-21/h2-3,6-11H,4-5,12-14,21H2,1H3,(H,22,25)(H,23,24). The number of carbonyl (C=O) groups excluding carboxylic acids is 2. The van der Waals surface area contributed by atoms with Crippen LogP contribution in [0.2, 0.25) is 0 Å². The van der Waals surface area contributed by atoms with E-state index in [1.807, 2.05) is 49.4 Å². The van der Waals surface area contributed by atoms with Crippen molar-refractivity contribution in [1.29, 1.82) is 0 Å². The van der Waals surface area contributed by atoms with E-state index in [0.29, 0.717) is 18.7 Å². The molecule has 0 bridgehead atoms. The summed E-state index contributed by atoms with van der Waals surface area (Å²) in [6, 6.07) is 15.0. The summed E-state index contributed by atoms with van der Waals surface area (Å²) < 4.78 is 0. The molecule has 0 unspecified atom stereocenters. The number of amides is 2. The minimum Gasteiger partial charge on any atom is -0.352 e. The van der Waals surface area contributed by atoms with Gasteiger partial charge in [-0.15, -0.1) is 11.8 Å². The van der Waals surface area contributed by atoms with Crippen molar-refractivity contribution in [1.82, 2.24) is 5.32 Å². The number of rotatable bonds is 9. The lowest BCUT2D eigenvalue weighted by Crippen LogP contribution is -2.25. The molecule has 4 N–H and O–H groups in total. The van der Waals surface area contributed by atoms with Gasteiger partial charge in [-0.2, -0.15) is 0 Å². The molecule has 0 fully saturated rings. The molecule has 0 radical (unpaired) electrons. The Hall–Kier alpha value is -2.31. The van der Waals surface area contributed by atoms with Crippen LogP contribution in [-0.4, -0.2) is 30.7 Å². The number of anilines is 1. The van der Waals surface area contributed by atoms with Gasteiger partial charge in [0.25, 0.3) is 5.91 Å². The van der Waals surface area contributed by atoms with Gasteiger partial charge in [0.2, 0.25) is 5.91 Å². The molecule has 0 aliphatic carbocycles. The van der Waals surface area contributed by atoms with Gasteiger partial charge in [-0.3, -0.25) is 9.59 Å². The number of thioether (sulfide) groups is 1. The van der Waals surface area contributed by atoms with Crippen LogP contribution < -0.4 is 16.4 Å². The van der Waals surface area contributed by atoms with Gasteiger partial charge in [-0.1, -0.05) is 29.8 Å². The fourth-order valence-electron chi connectivity index (χ4n) is 2.32. The summed E-state index contributed by atoms with van der Waals surface area (Å²) in [5.41, 5.74) is 7.96. The Morgan fingerprint density at radius 2 is 1.77 bits per heavy atom. The van der Waals surface area contributed by atoms with Crippen molar-refractivity contribution in [3.63, 3.8) is 0 Å². The lowest BCUT2D eigenvalue weighted by atomic mass is 10.2. The molecule has 0 aliphatic rings. The molecular weight excluding hydrogens is 346 g/mol. The predicted octanol–water partition coefficient (Wildman–Crippen LogP) is 3.19. The van der Waals surface area contributed by atoms with Crippen LogP contribution in [0.1, 0.15) is 28.8 Å². The zero-order valence-corrected chi connectivity index (χ0v) is 15.8. The van der Waals surface area contributed by atoms with Crippen LogP contribution in [-0.2, 0) is 4.79 Å². The van der Waals surface area contributed by atoms with E-state index in [1.165, 1.54) is 11.8 Å². The summed E-state index contributed by atoms with van der Waals surface area (Å²) in [5.74, 6) is 0.0202. The van der Waals surface area contributed by atoms with Gasteiger partial charge < -0.3 is 16.4 Å². The second-order valence-corrected chi connectivity index (χ2v) is 6.97. The molecule has 2 amide bonds. The number of carbonyl (C=O) groups is 2. The topological polar surface area (TPSA) is 84.2 Å². The smallest absolute Gasteiger partial charge is 0.252 e. The van der Waals surface area contributed by atoms with Crippen molar-refractivity contribution in [3.8, 4) is 0 Å². The van der Waals surface area contributed by atoms with Crippen molar-refractivity contribution >= 4 is 29.3 Å². The molecule has 5 nitrogen and oxygen atoms in total. The zero-order chi connectivity index (χ0) is 18.8. The van der Waals surface area contributed by atoms with Crippen LogP contribution in [0, 0.1) is 6.92 Å². The second kappa shape index (κ2) is 10.6. The quantitative estimate of drug-likeness (QED) is 0.467. The maximum absolute atomic E-state index is 12.3. The van der Waals surface area contributed by atoms with Crippen molar-refractivity contribution in [2.75, 3.05) is 24.2 Å². The van der Waals surface area contributed by atoms with E-state index in [1.54, 1.807) is 6.07 Å². The highest BCUT2D eigenvalue weighted by molar-refractivity contribution is 8.00. The Morgan fingerprint density at radius 1 is 1.04 bits per heavy atom. The van der Waals surface area contributed by atoms with E-state index in [2.05, 4.69) is 10.6 Å². The van der Waals surface area contributed by atoms with Crippen LogP contribution in [0.5, 0.6) is 0 Å². The summed E-state index contributed by atoms with van der Waals surface area (Å²) in [6.07, 6.45) is 1.74. The molecule has 2 rings (SSSR count). The first-order chi connectivity index (χ1) is 12.6. The van der Waals surface area contributed by atoms with Crippen molar-refractivity contribution < 1.29 is 9.59 Å².